The lowest BCUT2D eigenvalue weighted by Gasteiger charge is -2.28. The van der Waals surface area contributed by atoms with Crippen molar-refractivity contribution in [3.8, 4) is 0 Å². The van der Waals surface area contributed by atoms with Gasteiger partial charge in [-0.15, -0.1) is 10.2 Å². The predicted octanol–water partition coefficient (Wildman–Crippen LogP) is -0.183. The van der Waals surface area contributed by atoms with E-state index in [0.717, 1.165) is 24.7 Å². The van der Waals surface area contributed by atoms with E-state index in [1.54, 1.807) is 19.5 Å². The van der Waals surface area contributed by atoms with E-state index in [2.05, 4.69) is 25.1 Å². The number of fused-ring (bicyclic) bond motifs is 1. The third-order valence-corrected chi connectivity index (χ3v) is 3.02. The first kappa shape index (κ1) is 11.8. The molecule has 1 aliphatic heterocycles. The minimum absolute atomic E-state index is 0.349. The van der Waals surface area contributed by atoms with Crippen LogP contribution in [0, 0.1) is 0 Å². The topological polar surface area (TPSA) is 95.0 Å². The van der Waals surface area contributed by atoms with E-state index in [0.29, 0.717) is 24.8 Å². The lowest BCUT2D eigenvalue weighted by atomic mass is 10.3. The van der Waals surface area contributed by atoms with E-state index in [-0.39, 0.29) is 0 Å². The van der Waals surface area contributed by atoms with Crippen LogP contribution in [0.3, 0.4) is 0 Å². The molecule has 0 aliphatic carbocycles. The fraction of sp³-hybridized carbons (Fsp3) is 0.455. The maximum Gasteiger partial charge on any atom is 0.158 e. The third kappa shape index (κ3) is 2.34. The Hall–Kier alpha value is -2.22. The zero-order valence-corrected chi connectivity index (χ0v) is 10.7. The molecule has 2 aromatic heterocycles. The molecule has 2 aromatic rings. The van der Waals surface area contributed by atoms with Gasteiger partial charge in [-0.25, -0.2) is 9.97 Å². The first-order valence-electron chi connectivity index (χ1n) is 6.00. The van der Waals surface area contributed by atoms with Crippen LogP contribution in [0.2, 0.25) is 0 Å². The van der Waals surface area contributed by atoms with Crippen LogP contribution in [0.1, 0.15) is 11.6 Å². The molecule has 8 nitrogen and oxygen atoms in total. The molecular formula is C11H15N7O. The molecule has 0 atom stereocenters. The molecule has 0 amide bonds. The zero-order chi connectivity index (χ0) is 13.2. The van der Waals surface area contributed by atoms with Crippen LogP contribution in [0.5, 0.6) is 0 Å². The molecule has 0 radical (unpaired) electrons. The number of ether oxygens (including phenoxy) is 1. The Morgan fingerprint density at radius 1 is 1.37 bits per heavy atom. The highest BCUT2D eigenvalue weighted by molar-refractivity contribution is 5.47. The first-order valence-corrected chi connectivity index (χ1v) is 6.00. The Morgan fingerprint density at radius 3 is 3.11 bits per heavy atom. The van der Waals surface area contributed by atoms with E-state index < -0.39 is 0 Å². The molecule has 0 bridgehead atoms. The fourth-order valence-corrected chi connectivity index (χ4v) is 2.12. The Bertz CT molecular complexity index is 582. The van der Waals surface area contributed by atoms with Gasteiger partial charge in [0.15, 0.2) is 11.6 Å². The fourth-order valence-electron chi connectivity index (χ4n) is 2.12. The molecule has 8 heteroatoms. The number of hydrogen-bond acceptors (Lipinski definition) is 7. The van der Waals surface area contributed by atoms with Gasteiger partial charge >= 0.3 is 0 Å². The maximum atomic E-state index is 5.80. The number of aromatic nitrogens is 5. The van der Waals surface area contributed by atoms with Crippen molar-refractivity contribution in [2.45, 2.75) is 19.7 Å². The van der Waals surface area contributed by atoms with Crippen LogP contribution in [0.15, 0.2) is 12.4 Å². The average Bonchev–Trinajstić information content (AvgIpc) is 2.85. The van der Waals surface area contributed by atoms with Gasteiger partial charge in [0, 0.05) is 26.3 Å². The van der Waals surface area contributed by atoms with E-state index in [9.17, 15) is 0 Å². The molecule has 2 N–H and O–H groups in total. The number of methoxy groups -OCH3 is 1. The molecule has 0 saturated heterocycles. The smallest absolute Gasteiger partial charge is 0.158 e. The molecule has 0 saturated carbocycles. The van der Waals surface area contributed by atoms with Crippen molar-refractivity contribution < 1.29 is 4.74 Å². The first-order chi connectivity index (χ1) is 9.26. The molecular weight excluding hydrogens is 246 g/mol. The van der Waals surface area contributed by atoms with Gasteiger partial charge in [0.1, 0.15) is 24.6 Å². The van der Waals surface area contributed by atoms with Crippen molar-refractivity contribution in [2.75, 3.05) is 24.3 Å². The Labute approximate surface area is 110 Å². The minimum Gasteiger partial charge on any atom is -0.384 e. The highest BCUT2D eigenvalue weighted by atomic mass is 16.5. The summed E-state index contributed by atoms with van der Waals surface area (Å²) >= 11 is 0. The van der Waals surface area contributed by atoms with Gasteiger partial charge in [0.05, 0.1) is 6.54 Å². The molecule has 19 heavy (non-hydrogen) atoms. The number of nitrogens with zero attached hydrogens (tertiary/aromatic N) is 6. The van der Waals surface area contributed by atoms with Crippen molar-refractivity contribution in [3.63, 3.8) is 0 Å². The summed E-state index contributed by atoms with van der Waals surface area (Å²) in [6, 6.07) is 1.77. The SMILES string of the molecule is COCc1nc(N)cc(N2CCn3cnnc3C2)n1. The van der Waals surface area contributed by atoms with Crippen LogP contribution in [-0.4, -0.2) is 38.4 Å². The summed E-state index contributed by atoms with van der Waals surface area (Å²) in [4.78, 5) is 10.7. The van der Waals surface area contributed by atoms with Crippen molar-refractivity contribution in [1.29, 1.82) is 0 Å². The highest BCUT2D eigenvalue weighted by Crippen LogP contribution is 2.19. The quantitative estimate of drug-likeness (QED) is 0.818. The average molecular weight is 261 g/mol. The van der Waals surface area contributed by atoms with Crippen LogP contribution < -0.4 is 10.6 Å². The molecule has 0 spiro atoms. The molecule has 100 valence electrons. The second-order valence-electron chi connectivity index (χ2n) is 4.36. The van der Waals surface area contributed by atoms with E-state index in [4.69, 9.17) is 10.5 Å². The lowest BCUT2D eigenvalue weighted by molar-refractivity contribution is 0.178. The zero-order valence-electron chi connectivity index (χ0n) is 10.7. The second kappa shape index (κ2) is 4.81. The normalized spacial score (nSPS) is 14.5. The summed E-state index contributed by atoms with van der Waals surface area (Å²) in [7, 11) is 1.61. The third-order valence-electron chi connectivity index (χ3n) is 3.02. The Balaban J connectivity index is 1.87. The number of nitrogen functional groups attached to an aromatic ring is 1. The van der Waals surface area contributed by atoms with Crippen LogP contribution in [-0.2, 0) is 24.4 Å². The van der Waals surface area contributed by atoms with Crippen LogP contribution >= 0.6 is 0 Å². The van der Waals surface area contributed by atoms with Gasteiger partial charge in [-0.2, -0.15) is 0 Å². The van der Waals surface area contributed by atoms with Gasteiger partial charge in [-0.1, -0.05) is 0 Å². The van der Waals surface area contributed by atoms with Crippen molar-refractivity contribution in [3.05, 3.63) is 24.0 Å². The monoisotopic (exact) mass is 261 g/mol. The van der Waals surface area contributed by atoms with Gasteiger partial charge in [-0.05, 0) is 0 Å². The summed E-state index contributed by atoms with van der Waals surface area (Å²) in [5.41, 5.74) is 5.80. The van der Waals surface area contributed by atoms with E-state index >= 15 is 0 Å². The summed E-state index contributed by atoms with van der Waals surface area (Å²) in [6.45, 7) is 2.70. The Kier molecular flexibility index (Phi) is 3.00. The molecule has 0 aromatic carbocycles. The van der Waals surface area contributed by atoms with Crippen LogP contribution in [0.25, 0.3) is 0 Å². The van der Waals surface area contributed by atoms with Crippen molar-refractivity contribution in [1.82, 2.24) is 24.7 Å². The predicted molar refractivity (Wildman–Crippen MR) is 68.2 cm³/mol. The van der Waals surface area contributed by atoms with Crippen molar-refractivity contribution >= 4 is 11.6 Å². The largest absolute Gasteiger partial charge is 0.384 e. The minimum atomic E-state index is 0.349. The number of anilines is 2. The molecule has 3 rings (SSSR count). The summed E-state index contributed by atoms with van der Waals surface area (Å²) in [5.74, 6) is 2.76. The summed E-state index contributed by atoms with van der Waals surface area (Å²) in [6.07, 6.45) is 1.75. The summed E-state index contributed by atoms with van der Waals surface area (Å²) < 4.78 is 7.08. The molecule has 0 unspecified atom stereocenters. The maximum absolute atomic E-state index is 5.80. The Morgan fingerprint density at radius 2 is 2.26 bits per heavy atom. The number of nitrogens with two attached hydrogens (primary N) is 1. The number of rotatable bonds is 3. The van der Waals surface area contributed by atoms with Gasteiger partial charge in [0.2, 0.25) is 0 Å². The lowest BCUT2D eigenvalue weighted by Crippen LogP contribution is -2.34. The highest BCUT2D eigenvalue weighted by Gasteiger charge is 2.19. The standard InChI is InChI=1S/C11H15N7O/c1-19-6-9-14-8(12)4-10(15-9)17-2-3-18-7-13-16-11(18)5-17/h4,7H,2-3,5-6H2,1H3,(H2,12,14,15). The molecule has 0 fully saturated rings. The van der Waals surface area contributed by atoms with Gasteiger partial charge < -0.3 is 19.9 Å². The van der Waals surface area contributed by atoms with Gasteiger partial charge in [-0.3, -0.25) is 0 Å². The van der Waals surface area contributed by atoms with E-state index in [1.807, 2.05) is 4.57 Å². The van der Waals surface area contributed by atoms with Crippen molar-refractivity contribution in [2.24, 2.45) is 0 Å². The molecule has 3 heterocycles. The van der Waals surface area contributed by atoms with Crippen LogP contribution in [0.4, 0.5) is 11.6 Å². The number of hydrogen-bond donors (Lipinski definition) is 1. The molecule has 1 aliphatic rings. The van der Waals surface area contributed by atoms with Gasteiger partial charge in [0.25, 0.3) is 0 Å². The van der Waals surface area contributed by atoms with E-state index in [1.165, 1.54) is 0 Å². The summed E-state index contributed by atoms with van der Waals surface area (Å²) in [5, 5.41) is 7.99. The second-order valence-corrected chi connectivity index (χ2v) is 4.36.